The molecule has 1 aliphatic carbocycles. The van der Waals surface area contributed by atoms with Gasteiger partial charge in [0, 0.05) is 37.5 Å². The second-order valence-electron chi connectivity index (χ2n) is 7.99. The minimum absolute atomic E-state index is 0.122. The minimum Gasteiger partial charge on any atom is -0.370 e. The second kappa shape index (κ2) is 6.57. The predicted molar refractivity (Wildman–Crippen MR) is 93.7 cm³/mol. The summed E-state index contributed by atoms with van der Waals surface area (Å²) in [6.45, 7) is 3.16. The summed E-state index contributed by atoms with van der Waals surface area (Å²) in [6.07, 6.45) is 11.8. The molecule has 3 heterocycles. The summed E-state index contributed by atoms with van der Waals surface area (Å²) >= 11 is 1.59. The van der Waals surface area contributed by atoms with E-state index < -0.39 is 0 Å². The second-order valence-corrected chi connectivity index (χ2v) is 8.85. The molecular formula is C18H30N2O2S. The topological polar surface area (TPSA) is 41.6 Å². The maximum absolute atomic E-state index is 11.8. The molecule has 4 rings (SSSR count). The highest BCUT2D eigenvalue weighted by molar-refractivity contribution is 7.99. The van der Waals surface area contributed by atoms with Gasteiger partial charge in [0.1, 0.15) is 0 Å². The zero-order valence-electron chi connectivity index (χ0n) is 14.3. The van der Waals surface area contributed by atoms with Crippen LogP contribution in [0, 0.1) is 11.8 Å². The van der Waals surface area contributed by atoms with Crippen molar-refractivity contribution in [3.63, 3.8) is 0 Å². The summed E-state index contributed by atoms with van der Waals surface area (Å²) in [5, 5.41) is 3.16. The molecule has 0 radical (unpaired) electrons. The number of hydrogen-bond donors (Lipinski definition) is 1. The Bertz CT molecular complexity index is 454. The van der Waals surface area contributed by atoms with Gasteiger partial charge in [-0.3, -0.25) is 9.69 Å². The fourth-order valence-electron chi connectivity index (χ4n) is 5.64. The van der Waals surface area contributed by atoms with Crippen LogP contribution in [0.5, 0.6) is 0 Å². The van der Waals surface area contributed by atoms with Gasteiger partial charge in [-0.05, 0) is 31.9 Å². The molecule has 5 heteroatoms. The van der Waals surface area contributed by atoms with Crippen LogP contribution < -0.4 is 5.32 Å². The van der Waals surface area contributed by atoms with E-state index in [0.29, 0.717) is 23.7 Å². The quantitative estimate of drug-likeness (QED) is 0.835. The van der Waals surface area contributed by atoms with Gasteiger partial charge in [0.05, 0.1) is 17.5 Å². The number of likely N-dealkylation sites (tertiary alicyclic amines) is 1. The first-order valence-corrected chi connectivity index (χ1v) is 10.8. The Morgan fingerprint density at radius 2 is 2.13 bits per heavy atom. The van der Waals surface area contributed by atoms with Crippen molar-refractivity contribution in [1.29, 1.82) is 0 Å². The van der Waals surface area contributed by atoms with Crippen LogP contribution in [0.25, 0.3) is 0 Å². The molecule has 1 spiro atoms. The van der Waals surface area contributed by atoms with Crippen molar-refractivity contribution in [1.82, 2.24) is 10.2 Å². The van der Waals surface area contributed by atoms with Crippen molar-refractivity contribution in [3.8, 4) is 0 Å². The molecule has 4 atom stereocenters. The Morgan fingerprint density at radius 3 is 2.91 bits per heavy atom. The summed E-state index contributed by atoms with van der Waals surface area (Å²) in [5.74, 6) is 1.92. The van der Waals surface area contributed by atoms with Crippen molar-refractivity contribution in [2.45, 2.75) is 62.7 Å². The molecule has 0 unspecified atom stereocenters. The van der Waals surface area contributed by atoms with E-state index in [1.807, 2.05) is 6.26 Å². The first kappa shape index (κ1) is 16.2. The molecule has 1 saturated carbocycles. The monoisotopic (exact) mass is 338 g/mol. The predicted octanol–water partition coefficient (Wildman–Crippen LogP) is 2.28. The number of thioether (sulfide) groups is 1. The summed E-state index contributed by atoms with van der Waals surface area (Å²) < 4.78 is 6.51. The summed E-state index contributed by atoms with van der Waals surface area (Å²) in [5.41, 5.74) is 0.122. The van der Waals surface area contributed by atoms with Gasteiger partial charge < -0.3 is 10.1 Å². The molecule has 3 aliphatic heterocycles. The SMILES string of the molecule is CSCC(=O)NC[C@H]1[C@H]2CN(C3CCCCC3)C[C@]23CC[C@H]1O3. The average Bonchev–Trinajstić information content (AvgIpc) is 3.22. The molecule has 1 N–H and O–H groups in total. The average molecular weight is 339 g/mol. The van der Waals surface area contributed by atoms with Crippen molar-refractivity contribution in [3.05, 3.63) is 0 Å². The maximum atomic E-state index is 11.8. The third kappa shape index (κ3) is 2.93. The molecule has 0 aromatic carbocycles. The number of nitrogens with zero attached hydrogens (tertiary/aromatic N) is 1. The third-order valence-electron chi connectivity index (χ3n) is 6.71. The van der Waals surface area contributed by atoms with E-state index in [1.165, 1.54) is 51.5 Å². The number of fused-ring (bicyclic) bond motifs is 1. The van der Waals surface area contributed by atoms with Gasteiger partial charge >= 0.3 is 0 Å². The lowest BCUT2D eigenvalue weighted by molar-refractivity contribution is -0.118. The Labute approximate surface area is 144 Å². The Balaban J connectivity index is 1.40. The lowest BCUT2D eigenvalue weighted by atomic mass is 9.73. The highest BCUT2D eigenvalue weighted by Gasteiger charge is 2.63. The fourth-order valence-corrected chi connectivity index (χ4v) is 6.00. The van der Waals surface area contributed by atoms with E-state index in [1.54, 1.807) is 11.8 Å². The number of carbonyl (C=O) groups excluding carboxylic acids is 1. The first-order valence-electron chi connectivity index (χ1n) is 9.39. The number of amides is 1. The van der Waals surface area contributed by atoms with Gasteiger partial charge in [-0.15, -0.1) is 0 Å². The molecule has 130 valence electrons. The Morgan fingerprint density at radius 1 is 1.30 bits per heavy atom. The van der Waals surface area contributed by atoms with Crippen LogP contribution in [0.4, 0.5) is 0 Å². The molecule has 1 amide bonds. The smallest absolute Gasteiger partial charge is 0.229 e. The van der Waals surface area contributed by atoms with Crippen LogP contribution in [0.2, 0.25) is 0 Å². The van der Waals surface area contributed by atoms with E-state index >= 15 is 0 Å². The summed E-state index contributed by atoms with van der Waals surface area (Å²) in [7, 11) is 0. The van der Waals surface area contributed by atoms with Crippen LogP contribution in [0.15, 0.2) is 0 Å². The van der Waals surface area contributed by atoms with Gasteiger partial charge in [0.15, 0.2) is 0 Å². The Kier molecular flexibility index (Phi) is 4.63. The number of rotatable bonds is 5. The van der Waals surface area contributed by atoms with Gasteiger partial charge in [-0.1, -0.05) is 19.3 Å². The first-order chi connectivity index (χ1) is 11.2. The van der Waals surface area contributed by atoms with Crippen LogP contribution in [-0.2, 0) is 9.53 Å². The molecule has 0 aromatic heterocycles. The highest BCUT2D eigenvalue weighted by Crippen LogP contribution is 2.55. The molecule has 4 fully saturated rings. The molecule has 2 bridgehead atoms. The van der Waals surface area contributed by atoms with Crippen LogP contribution >= 0.6 is 11.8 Å². The van der Waals surface area contributed by atoms with Crippen molar-refractivity contribution in [2.24, 2.45) is 11.8 Å². The number of ether oxygens (including phenoxy) is 1. The Hall–Kier alpha value is -0.260. The van der Waals surface area contributed by atoms with E-state index in [9.17, 15) is 4.79 Å². The zero-order valence-corrected chi connectivity index (χ0v) is 15.1. The normalized spacial score (nSPS) is 40.5. The molecular weight excluding hydrogens is 308 g/mol. The van der Waals surface area contributed by atoms with Gasteiger partial charge in [-0.2, -0.15) is 11.8 Å². The molecule has 4 aliphatic rings. The molecule has 4 nitrogen and oxygen atoms in total. The standard InChI is InChI=1S/C18H30N2O2S/c1-23-11-17(21)19-9-14-15-10-20(13-5-3-2-4-6-13)12-18(15)8-7-16(14)22-18/h13-16H,2-12H2,1H3,(H,19,21)/t14-,15+,16+,18+/m0/s1. The van der Waals surface area contributed by atoms with Crippen molar-refractivity contribution < 1.29 is 9.53 Å². The van der Waals surface area contributed by atoms with Crippen LogP contribution in [0.3, 0.4) is 0 Å². The van der Waals surface area contributed by atoms with E-state index in [2.05, 4.69) is 10.2 Å². The van der Waals surface area contributed by atoms with E-state index in [-0.39, 0.29) is 11.5 Å². The fraction of sp³-hybridized carbons (Fsp3) is 0.944. The summed E-state index contributed by atoms with van der Waals surface area (Å²) in [4.78, 5) is 14.6. The largest absolute Gasteiger partial charge is 0.370 e. The molecule has 3 saturated heterocycles. The third-order valence-corrected chi connectivity index (χ3v) is 7.26. The number of carbonyl (C=O) groups is 1. The lowest BCUT2D eigenvalue weighted by Crippen LogP contribution is -2.42. The number of nitrogens with one attached hydrogen (secondary N) is 1. The lowest BCUT2D eigenvalue weighted by Gasteiger charge is -2.32. The minimum atomic E-state index is 0.122. The van der Waals surface area contributed by atoms with Gasteiger partial charge in [0.2, 0.25) is 5.91 Å². The maximum Gasteiger partial charge on any atom is 0.229 e. The summed E-state index contributed by atoms with van der Waals surface area (Å²) in [6, 6.07) is 0.790. The van der Waals surface area contributed by atoms with E-state index in [0.717, 1.165) is 19.1 Å². The van der Waals surface area contributed by atoms with Crippen LogP contribution in [0.1, 0.15) is 44.9 Å². The van der Waals surface area contributed by atoms with Gasteiger partial charge in [0.25, 0.3) is 0 Å². The zero-order chi connectivity index (χ0) is 15.9. The molecule has 23 heavy (non-hydrogen) atoms. The number of hydrogen-bond acceptors (Lipinski definition) is 4. The van der Waals surface area contributed by atoms with E-state index in [4.69, 9.17) is 4.74 Å². The van der Waals surface area contributed by atoms with Gasteiger partial charge in [-0.25, -0.2) is 0 Å². The van der Waals surface area contributed by atoms with Crippen LogP contribution in [-0.4, -0.2) is 60.2 Å². The van der Waals surface area contributed by atoms with Crippen molar-refractivity contribution >= 4 is 17.7 Å². The highest BCUT2D eigenvalue weighted by atomic mass is 32.2. The molecule has 0 aromatic rings. The van der Waals surface area contributed by atoms with Crippen molar-refractivity contribution in [2.75, 3.05) is 31.6 Å².